The molecule has 0 spiro atoms. The van der Waals surface area contributed by atoms with Crippen molar-refractivity contribution in [3.05, 3.63) is 29.3 Å². The molecule has 23 heavy (non-hydrogen) atoms. The SMILES string of the molecule is CC[C@@H]1C[C@H](C(=O)NC(=O)OC)c2cc(C(F)(F)F)ccc2N1. The summed E-state index contributed by atoms with van der Waals surface area (Å²) in [4.78, 5) is 23.4. The van der Waals surface area contributed by atoms with E-state index in [4.69, 9.17) is 0 Å². The lowest BCUT2D eigenvalue weighted by atomic mass is 9.84. The third kappa shape index (κ3) is 3.75. The summed E-state index contributed by atoms with van der Waals surface area (Å²) in [5, 5.41) is 5.15. The van der Waals surface area contributed by atoms with Gasteiger partial charge in [-0.2, -0.15) is 13.2 Å². The Balaban J connectivity index is 2.39. The van der Waals surface area contributed by atoms with Crippen molar-refractivity contribution in [2.45, 2.75) is 37.9 Å². The lowest BCUT2D eigenvalue weighted by Gasteiger charge is -2.32. The Bertz CT molecular complexity index is 616. The first-order valence-electron chi connectivity index (χ1n) is 7.12. The molecule has 2 rings (SSSR count). The monoisotopic (exact) mass is 330 g/mol. The number of fused-ring (bicyclic) bond motifs is 1. The Labute approximate surface area is 131 Å². The van der Waals surface area contributed by atoms with Crippen LogP contribution in [0, 0.1) is 0 Å². The van der Waals surface area contributed by atoms with E-state index in [1.165, 1.54) is 6.07 Å². The van der Waals surface area contributed by atoms with Crippen molar-refractivity contribution in [1.82, 2.24) is 5.32 Å². The van der Waals surface area contributed by atoms with Gasteiger partial charge in [-0.25, -0.2) is 4.79 Å². The molecule has 1 aromatic rings. The molecule has 1 aromatic carbocycles. The molecule has 1 aliphatic heterocycles. The van der Waals surface area contributed by atoms with Crippen molar-refractivity contribution in [1.29, 1.82) is 0 Å². The highest BCUT2D eigenvalue weighted by Gasteiger charge is 2.36. The summed E-state index contributed by atoms with van der Waals surface area (Å²) in [5.74, 6) is -1.52. The number of nitrogens with one attached hydrogen (secondary N) is 2. The summed E-state index contributed by atoms with van der Waals surface area (Å²) in [6.07, 6.45) is -4.44. The van der Waals surface area contributed by atoms with Crippen molar-refractivity contribution >= 4 is 17.7 Å². The van der Waals surface area contributed by atoms with Gasteiger partial charge in [0.2, 0.25) is 5.91 Å². The number of methoxy groups -OCH3 is 1. The molecule has 2 amide bonds. The van der Waals surface area contributed by atoms with E-state index in [9.17, 15) is 22.8 Å². The number of carbonyl (C=O) groups is 2. The predicted octanol–water partition coefficient (Wildman–Crippen LogP) is 3.27. The molecule has 1 heterocycles. The van der Waals surface area contributed by atoms with Crippen LogP contribution in [-0.2, 0) is 15.7 Å². The summed E-state index contributed by atoms with van der Waals surface area (Å²) in [6, 6.07) is 3.18. The average molecular weight is 330 g/mol. The van der Waals surface area contributed by atoms with Crippen LogP contribution in [0.3, 0.4) is 0 Å². The Morgan fingerprint density at radius 2 is 2.09 bits per heavy atom. The van der Waals surface area contributed by atoms with Crippen LogP contribution in [0.15, 0.2) is 18.2 Å². The number of alkyl halides is 3. The van der Waals surface area contributed by atoms with E-state index in [0.717, 1.165) is 19.2 Å². The van der Waals surface area contributed by atoms with Gasteiger partial charge in [0.05, 0.1) is 18.6 Å². The van der Waals surface area contributed by atoms with E-state index in [-0.39, 0.29) is 11.6 Å². The van der Waals surface area contributed by atoms with E-state index in [1.54, 1.807) is 0 Å². The third-order valence-corrected chi connectivity index (χ3v) is 3.85. The van der Waals surface area contributed by atoms with Gasteiger partial charge >= 0.3 is 12.3 Å². The normalized spacial score (nSPS) is 20.2. The summed E-state index contributed by atoms with van der Waals surface area (Å²) >= 11 is 0. The second kappa shape index (κ2) is 6.47. The summed E-state index contributed by atoms with van der Waals surface area (Å²) in [5.41, 5.74) is -0.129. The first kappa shape index (κ1) is 17.1. The fourth-order valence-corrected chi connectivity index (χ4v) is 2.60. The maximum Gasteiger partial charge on any atom is 0.416 e. The van der Waals surface area contributed by atoms with Crippen molar-refractivity contribution < 1.29 is 27.5 Å². The molecule has 5 nitrogen and oxygen atoms in total. The van der Waals surface area contributed by atoms with Gasteiger partial charge in [-0.05, 0) is 36.6 Å². The van der Waals surface area contributed by atoms with E-state index in [0.29, 0.717) is 18.5 Å². The molecule has 0 saturated heterocycles. The number of anilines is 1. The molecule has 0 fully saturated rings. The van der Waals surface area contributed by atoms with Crippen LogP contribution in [0.25, 0.3) is 0 Å². The number of alkyl carbamates (subject to hydrolysis) is 1. The number of amides is 2. The van der Waals surface area contributed by atoms with E-state index >= 15 is 0 Å². The fraction of sp³-hybridized carbons (Fsp3) is 0.467. The summed E-state index contributed by atoms with van der Waals surface area (Å²) in [6.45, 7) is 1.90. The number of rotatable bonds is 2. The Morgan fingerprint density at radius 3 is 2.65 bits per heavy atom. The van der Waals surface area contributed by atoms with Gasteiger partial charge in [-0.3, -0.25) is 10.1 Å². The standard InChI is InChI=1S/C15H17F3N2O3/c1-3-9-7-11(13(21)20-14(22)23-2)10-6-8(15(16,17)18)4-5-12(10)19-9/h4-6,9,11,19H,3,7H2,1-2H3,(H,20,21,22)/t9-,11+/m1/s1. The number of imide groups is 1. The van der Waals surface area contributed by atoms with Crippen molar-refractivity contribution in [3.8, 4) is 0 Å². The molecule has 0 aliphatic carbocycles. The largest absolute Gasteiger partial charge is 0.453 e. The molecule has 2 N–H and O–H groups in total. The van der Waals surface area contributed by atoms with Crippen LogP contribution >= 0.6 is 0 Å². The predicted molar refractivity (Wildman–Crippen MR) is 77.1 cm³/mol. The van der Waals surface area contributed by atoms with Gasteiger partial charge < -0.3 is 10.1 Å². The molecule has 1 aliphatic rings. The van der Waals surface area contributed by atoms with Crippen molar-refractivity contribution in [3.63, 3.8) is 0 Å². The van der Waals surface area contributed by atoms with E-state index in [1.807, 2.05) is 12.2 Å². The van der Waals surface area contributed by atoms with Crippen LogP contribution in [0.1, 0.15) is 36.8 Å². The smallest absolute Gasteiger partial charge is 0.416 e. The van der Waals surface area contributed by atoms with Crippen molar-refractivity contribution in [2.75, 3.05) is 12.4 Å². The van der Waals surface area contributed by atoms with Crippen LogP contribution in [0.4, 0.5) is 23.7 Å². The van der Waals surface area contributed by atoms with Gasteiger partial charge in [0.25, 0.3) is 0 Å². The van der Waals surface area contributed by atoms with Crippen molar-refractivity contribution in [2.24, 2.45) is 0 Å². The zero-order chi connectivity index (χ0) is 17.2. The second-order valence-electron chi connectivity index (χ2n) is 5.32. The van der Waals surface area contributed by atoms with Gasteiger partial charge in [0.15, 0.2) is 0 Å². The number of halogens is 3. The third-order valence-electron chi connectivity index (χ3n) is 3.85. The van der Waals surface area contributed by atoms with Gasteiger partial charge in [-0.1, -0.05) is 6.92 Å². The molecule has 0 saturated carbocycles. The number of ether oxygens (including phenoxy) is 1. The minimum absolute atomic E-state index is 0.0624. The molecule has 0 radical (unpaired) electrons. The number of hydrogen-bond donors (Lipinski definition) is 2. The maximum atomic E-state index is 12.9. The Kier molecular flexibility index (Phi) is 4.82. The Hall–Kier alpha value is -2.25. The quantitative estimate of drug-likeness (QED) is 0.873. The zero-order valence-electron chi connectivity index (χ0n) is 12.7. The number of benzene rings is 1. The topological polar surface area (TPSA) is 67.4 Å². The van der Waals surface area contributed by atoms with Gasteiger partial charge in [0, 0.05) is 11.7 Å². The highest BCUT2D eigenvalue weighted by atomic mass is 19.4. The first-order chi connectivity index (χ1) is 10.8. The highest BCUT2D eigenvalue weighted by molar-refractivity contribution is 5.96. The summed E-state index contributed by atoms with van der Waals surface area (Å²) < 4.78 is 43.1. The number of hydrogen-bond acceptors (Lipinski definition) is 4. The summed E-state index contributed by atoms with van der Waals surface area (Å²) in [7, 11) is 1.11. The van der Waals surface area contributed by atoms with E-state index < -0.39 is 29.7 Å². The highest BCUT2D eigenvalue weighted by Crippen LogP contribution is 2.39. The molecule has 0 aromatic heterocycles. The lowest BCUT2D eigenvalue weighted by molar-refractivity contribution is -0.137. The van der Waals surface area contributed by atoms with Crippen LogP contribution < -0.4 is 10.6 Å². The molecule has 126 valence electrons. The minimum atomic E-state index is -4.50. The van der Waals surface area contributed by atoms with Crippen LogP contribution in [0.5, 0.6) is 0 Å². The van der Waals surface area contributed by atoms with Crippen LogP contribution in [0.2, 0.25) is 0 Å². The zero-order valence-corrected chi connectivity index (χ0v) is 12.7. The minimum Gasteiger partial charge on any atom is -0.453 e. The molecule has 2 atom stereocenters. The van der Waals surface area contributed by atoms with Crippen LogP contribution in [-0.4, -0.2) is 25.2 Å². The van der Waals surface area contributed by atoms with Gasteiger partial charge in [0.1, 0.15) is 0 Å². The van der Waals surface area contributed by atoms with Gasteiger partial charge in [-0.15, -0.1) is 0 Å². The molecular formula is C15H17F3N2O3. The Morgan fingerprint density at radius 1 is 1.39 bits per heavy atom. The molecule has 0 unspecified atom stereocenters. The van der Waals surface area contributed by atoms with E-state index in [2.05, 4.69) is 10.1 Å². The molecular weight excluding hydrogens is 313 g/mol. The first-order valence-corrected chi connectivity index (χ1v) is 7.12. The fourth-order valence-electron chi connectivity index (χ4n) is 2.60. The second-order valence-corrected chi connectivity index (χ2v) is 5.32. The maximum absolute atomic E-state index is 12.9. The number of carbonyl (C=O) groups excluding carboxylic acids is 2. The lowest BCUT2D eigenvalue weighted by Crippen LogP contribution is -2.39. The average Bonchev–Trinajstić information content (AvgIpc) is 2.51. The molecule has 0 bridgehead atoms. The molecule has 8 heteroatoms.